The molecule has 0 radical (unpaired) electrons. The molecule has 1 amide bonds. The van der Waals surface area contributed by atoms with E-state index in [-0.39, 0.29) is 18.6 Å². The van der Waals surface area contributed by atoms with Gasteiger partial charge in [-0.25, -0.2) is 9.97 Å². The second kappa shape index (κ2) is 8.38. The molecule has 1 fully saturated rings. The van der Waals surface area contributed by atoms with Crippen molar-refractivity contribution in [3.05, 3.63) is 82.9 Å². The first-order valence-corrected chi connectivity index (χ1v) is 10.7. The van der Waals surface area contributed by atoms with Crippen LogP contribution in [-0.4, -0.2) is 40.7 Å². The summed E-state index contributed by atoms with van der Waals surface area (Å²) in [6.45, 7) is 3.54. The van der Waals surface area contributed by atoms with Crippen molar-refractivity contribution in [3.8, 4) is 11.5 Å². The Morgan fingerprint density at radius 3 is 2.84 bits per heavy atom. The van der Waals surface area contributed by atoms with Gasteiger partial charge in [0.25, 0.3) is 5.91 Å². The van der Waals surface area contributed by atoms with E-state index >= 15 is 0 Å². The number of fused-ring (bicyclic) bond motifs is 1. The fraction of sp³-hybridized carbons (Fsp3) is 0.320. The molecule has 1 atom stereocenters. The first-order valence-electron chi connectivity index (χ1n) is 10.7. The van der Waals surface area contributed by atoms with Crippen LogP contribution in [0.1, 0.15) is 51.8 Å². The van der Waals surface area contributed by atoms with Crippen molar-refractivity contribution in [2.75, 3.05) is 19.9 Å². The lowest BCUT2D eigenvalue weighted by Gasteiger charge is -2.33. The first-order chi connectivity index (χ1) is 15.2. The number of carbonyl (C=O) groups excluding carboxylic acids is 1. The third-order valence-electron chi connectivity index (χ3n) is 5.97. The molecule has 1 aromatic heterocycles. The summed E-state index contributed by atoms with van der Waals surface area (Å²) >= 11 is 0. The Morgan fingerprint density at radius 2 is 1.97 bits per heavy atom. The van der Waals surface area contributed by atoms with Crippen molar-refractivity contribution in [2.24, 2.45) is 0 Å². The van der Waals surface area contributed by atoms with Crippen LogP contribution in [0.2, 0.25) is 0 Å². The van der Waals surface area contributed by atoms with E-state index in [1.165, 1.54) is 5.56 Å². The van der Waals surface area contributed by atoms with Gasteiger partial charge in [0.1, 0.15) is 5.82 Å². The highest BCUT2D eigenvalue weighted by molar-refractivity contribution is 5.95. The number of hydrogen-bond acceptors (Lipinski definition) is 5. The number of piperidine rings is 1. The second-order valence-corrected chi connectivity index (χ2v) is 8.15. The summed E-state index contributed by atoms with van der Waals surface area (Å²) in [5.74, 6) is 2.32. The summed E-state index contributed by atoms with van der Waals surface area (Å²) in [6, 6.07) is 15.8. The van der Waals surface area contributed by atoms with E-state index < -0.39 is 0 Å². The largest absolute Gasteiger partial charge is 0.454 e. The Bertz CT molecular complexity index is 1100. The van der Waals surface area contributed by atoms with E-state index in [1.807, 2.05) is 36.2 Å². The average Bonchev–Trinajstić information content (AvgIpc) is 3.28. The highest BCUT2D eigenvalue weighted by Gasteiger charge is 2.29. The molecule has 6 nitrogen and oxygen atoms in total. The van der Waals surface area contributed by atoms with Gasteiger partial charge in [0.05, 0.1) is 5.69 Å². The van der Waals surface area contributed by atoms with Gasteiger partial charge in [0.15, 0.2) is 11.5 Å². The van der Waals surface area contributed by atoms with E-state index in [0.29, 0.717) is 23.6 Å². The van der Waals surface area contributed by atoms with Crippen molar-refractivity contribution in [2.45, 2.75) is 32.1 Å². The Balaban J connectivity index is 1.38. The average molecular weight is 415 g/mol. The third kappa shape index (κ3) is 4.10. The van der Waals surface area contributed by atoms with Crippen molar-refractivity contribution in [1.82, 2.24) is 14.9 Å². The van der Waals surface area contributed by atoms with Crippen LogP contribution in [0.5, 0.6) is 11.5 Å². The molecule has 0 N–H and O–H groups in total. The lowest BCUT2D eigenvalue weighted by atomic mass is 9.90. The van der Waals surface area contributed by atoms with Gasteiger partial charge < -0.3 is 14.4 Å². The number of benzene rings is 2. The summed E-state index contributed by atoms with van der Waals surface area (Å²) in [6.07, 6.45) is 4.71. The molecule has 0 aliphatic carbocycles. The first kappa shape index (κ1) is 19.5. The molecule has 5 rings (SSSR count). The minimum absolute atomic E-state index is 0.0263. The fourth-order valence-electron chi connectivity index (χ4n) is 4.41. The van der Waals surface area contributed by atoms with Gasteiger partial charge in [0.2, 0.25) is 6.79 Å². The minimum Gasteiger partial charge on any atom is -0.454 e. The fourth-order valence-corrected chi connectivity index (χ4v) is 4.41. The maximum atomic E-state index is 13.2. The Labute approximate surface area is 181 Å². The SMILES string of the molecule is Cc1ncc(Cc2ccccc2)c([C@@H]2CCCN(C(=O)c3ccc4c(c3)OCO4)C2)n1. The molecule has 0 spiro atoms. The smallest absolute Gasteiger partial charge is 0.254 e. The number of carbonyl (C=O) groups is 1. The minimum atomic E-state index is 0.0263. The molecule has 2 aromatic carbocycles. The van der Waals surface area contributed by atoms with E-state index in [2.05, 4.69) is 29.2 Å². The van der Waals surface area contributed by atoms with Gasteiger partial charge in [-0.05, 0) is 49.1 Å². The van der Waals surface area contributed by atoms with Gasteiger partial charge in [0, 0.05) is 37.2 Å². The molecule has 0 bridgehead atoms. The lowest BCUT2D eigenvalue weighted by Crippen LogP contribution is -2.39. The van der Waals surface area contributed by atoms with Crippen LogP contribution in [0, 0.1) is 6.92 Å². The zero-order valence-corrected chi connectivity index (χ0v) is 17.6. The molecule has 1 saturated heterocycles. The second-order valence-electron chi connectivity index (χ2n) is 8.15. The van der Waals surface area contributed by atoms with E-state index in [4.69, 9.17) is 14.5 Å². The monoisotopic (exact) mass is 415 g/mol. The zero-order valence-electron chi connectivity index (χ0n) is 17.6. The molecule has 0 saturated carbocycles. The Hall–Kier alpha value is -3.41. The van der Waals surface area contributed by atoms with Crippen LogP contribution in [-0.2, 0) is 6.42 Å². The quantitative estimate of drug-likeness (QED) is 0.641. The maximum Gasteiger partial charge on any atom is 0.254 e. The Kier molecular flexibility index (Phi) is 5.28. The predicted octanol–water partition coefficient (Wildman–Crippen LogP) is 4.12. The summed E-state index contributed by atoms with van der Waals surface area (Å²) in [5.41, 5.74) is 4.08. The molecular weight excluding hydrogens is 390 g/mol. The van der Waals surface area contributed by atoms with Crippen LogP contribution in [0.3, 0.4) is 0 Å². The van der Waals surface area contributed by atoms with Crippen LogP contribution >= 0.6 is 0 Å². The van der Waals surface area contributed by atoms with Crippen molar-refractivity contribution in [1.29, 1.82) is 0 Å². The predicted molar refractivity (Wildman–Crippen MR) is 116 cm³/mol. The third-order valence-corrected chi connectivity index (χ3v) is 5.97. The highest BCUT2D eigenvalue weighted by Crippen LogP contribution is 2.34. The summed E-state index contributed by atoms with van der Waals surface area (Å²) in [5, 5.41) is 0. The van der Waals surface area contributed by atoms with Crippen molar-refractivity contribution in [3.63, 3.8) is 0 Å². The topological polar surface area (TPSA) is 64.6 Å². The number of aryl methyl sites for hydroxylation is 1. The van der Waals surface area contributed by atoms with Crippen LogP contribution in [0.25, 0.3) is 0 Å². The van der Waals surface area contributed by atoms with E-state index in [0.717, 1.165) is 42.9 Å². The summed E-state index contributed by atoms with van der Waals surface area (Å²) < 4.78 is 10.8. The highest BCUT2D eigenvalue weighted by atomic mass is 16.7. The molecular formula is C25H25N3O3. The standard InChI is InChI=1S/C25H25N3O3/c1-17-26-14-21(12-18-6-3-2-4-7-18)24(27-17)20-8-5-11-28(15-20)25(29)19-9-10-22-23(13-19)31-16-30-22/h2-4,6-7,9-10,13-14,20H,5,8,11-12,15-16H2,1H3/t20-/m1/s1. The number of nitrogens with zero attached hydrogens (tertiary/aromatic N) is 3. The summed E-state index contributed by atoms with van der Waals surface area (Å²) in [7, 11) is 0. The molecule has 6 heteroatoms. The van der Waals surface area contributed by atoms with E-state index in [9.17, 15) is 4.79 Å². The normalized spacial score (nSPS) is 17.6. The van der Waals surface area contributed by atoms with Gasteiger partial charge in [-0.2, -0.15) is 0 Å². The number of hydrogen-bond donors (Lipinski definition) is 0. The Morgan fingerprint density at radius 1 is 1.13 bits per heavy atom. The number of amides is 1. The molecule has 31 heavy (non-hydrogen) atoms. The molecule has 3 heterocycles. The van der Waals surface area contributed by atoms with Crippen LogP contribution < -0.4 is 9.47 Å². The number of ether oxygens (including phenoxy) is 2. The van der Waals surface area contributed by atoms with Gasteiger partial charge in [-0.1, -0.05) is 30.3 Å². The van der Waals surface area contributed by atoms with Gasteiger partial charge in [-0.3, -0.25) is 4.79 Å². The molecule has 2 aliphatic rings. The lowest BCUT2D eigenvalue weighted by molar-refractivity contribution is 0.0705. The van der Waals surface area contributed by atoms with Crippen LogP contribution in [0.4, 0.5) is 0 Å². The maximum absolute atomic E-state index is 13.2. The molecule has 3 aromatic rings. The number of likely N-dealkylation sites (tertiary alicyclic amines) is 1. The van der Waals surface area contributed by atoms with Crippen molar-refractivity contribution < 1.29 is 14.3 Å². The molecule has 158 valence electrons. The molecule has 0 unspecified atom stereocenters. The van der Waals surface area contributed by atoms with Crippen molar-refractivity contribution >= 4 is 5.91 Å². The molecule has 2 aliphatic heterocycles. The van der Waals surface area contributed by atoms with Crippen LogP contribution in [0.15, 0.2) is 54.7 Å². The zero-order chi connectivity index (χ0) is 21.2. The summed E-state index contributed by atoms with van der Waals surface area (Å²) in [4.78, 5) is 24.4. The van der Waals surface area contributed by atoms with E-state index in [1.54, 1.807) is 6.07 Å². The van der Waals surface area contributed by atoms with Gasteiger partial charge >= 0.3 is 0 Å². The van der Waals surface area contributed by atoms with Gasteiger partial charge in [-0.15, -0.1) is 0 Å². The number of aromatic nitrogens is 2. The number of rotatable bonds is 4.